The summed E-state index contributed by atoms with van der Waals surface area (Å²) in [6, 6.07) is 29.7. The number of nitrogens with one attached hydrogen (secondary N) is 2. The second-order valence-electron chi connectivity index (χ2n) is 12.5. The zero-order valence-electron chi connectivity index (χ0n) is 27.0. The van der Waals surface area contributed by atoms with Crippen molar-refractivity contribution in [3.8, 4) is 11.1 Å². The van der Waals surface area contributed by atoms with Gasteiger partial charge < -0.3 is 15.5 Å². The fourth-order valence-corrected chi connectivity index (χ4v) is 6.14. The van der Waals surface area contributed by atoms with E-state index in [2.05, 4.69) is 67.6 Å². The van der Waals surface area contributed by atoms with E-state index in [4.69, 9.17) is 0 Å². The van der Waals surface area contributed by atoms with Gasteiger partial charge in [0.05, 0.1) is 10.2 Å². The summed E-state index contributed by atoms with van der Waals surface area (Å²) >= 11 is 1.22. The molecule has 0 aliphatic carbocycles. The Kier molecular flexibility index (Phi) is 9.97. The molecule has 1 atom stereocenters. The summed E-state index contributed by atoms with van der Waals surface area (Å²) < 4.78 is 0.747. The lowest BCUT2D eigenvalue weighted by Crippen LogP contribution is -2.41. The van der Waals surface area contributed by atoms with E-state index in [0.717, 1.165) is 28.7 Å². The van der Waals surface area contributed by atoms with E-state index in [0.29, 0.717) is 28.9 Å². The van der Waals surface area contributed by atoms with Gasteiger partial charge in [0.25, 0.3) is 11.8 Å². The van der Waals surface area contributed by atoms with Gasteiger partial charge in [-0.25, -0.2) is 4.98 Å². The number of carbonyl (C=O) groups is 3. The maximum atomic E-state index is 13.5. The zero-order chi connectivity index (χ0) is 32.8. The van der Waals surface area contributed by atoms with Crippen molar-refractivity contribution >= 4 is 45.0 Å². The predicted octanol–water partition coefficient (Wildman–Crippen LogP) is 8.24. The van der Waals surface area contributed by atoms with Crippen LogP contribution in [0.5, 0.6) is 0 Å². The third kappa shape index (κ3) is 7.51. The van der Waals surface area contributed by atoms with E-state index in [9.17, 15) is 14.4 Å². The average molecular weight is 633 g/mol. The van der Waals surface area contributed by atoms with Crippen LogP contribution in [0.3, 0.4) is 0 Å². The molecule has 0 saturated carbocycles. The molecule has 46 heavy (non-hydrogen) atoms. The van der Waals surface area contributed by atoms with Gasteiger partial charge in [-0.3, -0.25) is 14.4 Å². The van der Waals surface area contributed by atoms with Crippen molar-refractivity contribution in [2.24, 2.45) is 0 Å². The molecule has 7 nitrogen and oxygen atoms in total. The van der Waals surface area contributed by atoms with Gasteiger partial charge in [0, 0.05) is 24.8 Å². The largest absolute Gasteiger partial charge is 0.344 e. The average Bonchev–Trinajstić information content (AvgIpc) is 3.49. The summed E-state index contributed by atoms with van der Waals surface area (Å²) in [5.74, 6) is -0.831. The van der Waals surface area contributed by atoms with Crippen molar-refractivity contribution in [2.45, 2.75) is 52.0 Å². The van der Waals surface area contributed by atoms with Gasteiger partial charge in [-0.2, -0.15) is 0 Å². The van der Waals surface area contributed by atoms with Gasteiger partial charge in [-0.15, -0.1) is 11.3 Å². The highest BCUT2D eigenvalue weighted by Gasteiger charge is 2.27. The van der Waals surface area contributed by atoms with E-state index < -0.39 is 11.9 Å². The van der Waals surface area contributed by atoms with Gasteiger partial charge in [0.2, 0.25) is 5.91 Å². The Bertz CT molecular complexity index is 1840. The summed E-state index contributed by atoms with van der Waals surface area (Å²) in [5, 5.41) is 6.18. The van der Waals surface area contributed by atoms with Crippen LogP contribution in [0.1, 0.15) is 77.9 Å². The van der Waals surface area contributed by atoms with E-state index in [1.54, 1.807) is 24.1 Å². The number of nitrogens with zero attached hydrogens (tertiary/aromatic N) is 2. The van der Waals surface area contributed by atoms with E-state index in [-0.39, 0.29) is 22.2 Å². The Morgan fingerprint density at radius 3 is 2.26 bits per heavy atom. The lowest BCUT2D eigenvalue weighted by atomic mass is 9.86. The van der Waals surface area contributed by atoms with Crippen LogP contribution in [0, 0.1) is 0 Å². The fourth-order valence-electron chi connectivity index (χ4n) is 5.23. The van der Waals surface area contributed by atoms with Crippen molar-refractivity contribution < 1.29 is 14.4 Å². The first-order valence-electron chi connectivity index (χ1n) is 15.6. The second-order valence-corrected chi connectivity index (χ2v) is 13.5. The molecule has 0 fully saturated rings. The Balaban J connectivity index is 1.34. The van der Waals surface area contributed by atoms with Crippen molar-refractivity contribution in [2.75, 3.05) is 18.9 Å². The molecule has 0 aliphatic heterocycles. The molecular weight excluding hydrogens is 593 g/mol. The molecule has 8 heteroatoms. The second kappa shape index (κ2) is 14.1. The topological polar surface area (TPSA) is 91.4 Å². The van der Waals surface area contributed by atoms with Gasteiger partial charge in [-0.1, -0.05) is 107 Å². The van der Waals surface area contributed by atoms with Gasteiger partial charge >= 0.3 is 0 Å². The maximum absolute atomic E-state index is 13.5. The molecule has 2 N–H and O–H groups in total. The minimum atomic E-state index is -0.831. The first kappa shape index (κ1) is 32.6. The maximum Gasteiger partial charge on any atom is 0.281 e. The summed E-state index contributed by atoms with van der Waals surface area (Å²) in [4.78, 5) is 46.5. The van der Waals surface area contributed by atoms with Gasteiger partial charge in [-0.05, 0) is 58.4 Å². The molecular formula is C38H40N4O3S. The summed E-state index contributed by atoms with van der Waals surface area (Å²) in [7, 11) is 1.76. The summed E-state index contributed by atoms with van der Waals surface area (Å²) in [5.41, 5.74) is 5.59. The predicted molar refractivity (Wildman–Crippen MR) is 187 cm³/mol. The molecule has 1 aromatic heterocycles. The third-order valence-electron chi connectivity index (χ3n) is 7.95. The molecule has 0 spiro atoms. The number of amides is 3. The van der Waals surface area contributed by atoms with E-state index in [1.165, 1.54) is 16.9 Å². The Labute approximate surface area is 274 Å². The summed E-state index contributed by atoms with van der Waals surface area (Å²) in [6.45, 7) is 9.21. The molecule has 1 heterocycles. The normalized spacial score (nSPS) is 12.0. The van der Waals surface area contributed by atoms with Crippen molar-refractivity contribution in [3.63, 3.8) is 0 Å². The molecule has 0 aliphatic rings. The molecule has 5 aromatic rings. The Morgan fingerprint density at radius 1 is 0.870 bits per heavy atom. The monoisotopic (exact) mass is 632 g/mol. The molecule has 4 aromatic carbocycles. The first-order valence-corrected chi connectivity index (χ1v) is 16.4. The fraction of sp³-hybridized carbons (Fsp3) is 0.263. The molecule has 236 valence electrons. The molecule has 3 amide bonds. The highest BCUT2D eigenvalue weighted by molar-refractivity contribution is 7.20. The molecule has 0 bridgehead atoms. The van der Waals surface area contributed by atoms with Crippen LogP contribution in [-0.2, 0) is 10.2 Å². The minimum Gasteiger partial charge on any atom is -0.344 e. The molecule has 0 saturated heterocycles. The van der Waals surface area contributed by atoms with Crippen LogP contribution >= 0.6 is 11.3 Å². The number of hydrogen-bond donors (Lipinski definition) is 2. The van der Waals surface area contributed by atoms with Crippen LogP contribution in [0.15, 0.2) is 97.1 Å². The van der Waals surface area contributed by atoms with Crippen LogP contribution in [0.2, 0.25) is 0 Å². The third-order valence-corrected chi connectivity index (χ3v) is 8.97. The number of carbonyl (C=O) groups excluding carboxylic acids is 3. The van der Waals surface area contributed by atoms with Gasteiger partial charge in [0.1, 0.15) is 6.04 Å². The Morgan fingerprint density at radius 2 is 1.57 bits per heavy atom. The van der Waals surface area contributed by atoms with E-state index in [1.807, 2.05) is 60.7 Å². The number of aromatic nitrogens is 1. The van der Waals surface area contributed by atoms with Crippen molar-refractivity contribution in [1.29, 1.82) is 0 Å². The number of unbranched alkanes of at least 4 members (excludes halogenated alkanes) is 1. The molecule has 0 radical (unpaired) electrons. The standard InChI is InChI=1S/C38H40N4O3S/c1-6-7-23-42(5)37(45)33(26-13-9-8-10-14-26)41-35(44)36-40-31-22-21-28(24-32(31)46-36)39-34(43)30-16-12-11-15-29(30)25-17-19-27(20-18-25)38(2,3)4/h8-22,24,33H,6-7,23H2,1-5H3,(H,39,43)(H,41,44)/t33-/m0/s1. The number of hydrogen-bond acceptors (Lipinski definition) is 5. The number of rotatable bonds is 10. The van der Waals surface area contributed by atoms with Crippen LogP contribution < -0.4 is 10.6 Å². The van der Waals surface area contributed by atoms with Crippen molar-refractivity contribution in [3.05, 3.63) is 119 Å². The number of benzene rings is 4. The van der Waals surface area contributed by atoms with Gasteiger partial charge in [0.15, 0.2) is 5.01 Å². The number of fused-ring (bicyclic) bond motifs is 1. The smallest absolute Gasteiger partial charge is 0.281 e. The highest BCUT2D eigenvalue weighted by Crippen LogP contribution is 2.30. The van der Waals surface area contributed by atoms with E-state index >= 15 is 0 Å². The lowest BCUT2D eigenvalue weighted by molar-refractivity contribution is -0.132. The van der Waals surface area contributed by atoms with Crippen LogP contribution in [0.25, 0.3) is 21.3 Å². The summed E-state index contributed by atoms with van der Waals surface area (Å²) in [6.07, 6.45) is 1.84. The zero-order valence-corrected chi connectivity index (χ0v) is 27.8. The first-order chi connectivity index (χ1) is 22.0. The number of likely N-dealkylation sites (N-methyl/N-ethyl adjacent to an activating group) is 1. The molecule has 5 rings (SSSR count). The Hall–Kier alpha value is -4.82. The lowest BCUT2D eigenvalue weighted by Gasteiger charge is -2.24. The number of thiazole rings is 1. The quantitative estimate of drug-likeness (QED) is 0.162. The SMILES string of the molecule is CCCCN(C)C(=O)[C@@H](NC(=O)c1nc2ccc(NC(=O)c3ccccc3-c3ccc(C(C)(C)C)cc3)cc2s1)c1ccccc1. The van der Waals surface area contributed by atoms with Crippen LogP contribution in [0.4, 0.5) is 5.69 Å². The van der Waals surface area contributed by atoms with Crippen molar-refractivity contribution in [1.82, 2.24) is 15.2 Å². The number of anilines is 1. The molecule has 0 unspecified atom stereocenters. The minimum absolute atomic E-state index is 0.0389. The highest BCUT2D eigenvalue weighted by atomic mass is 32.1. The van der Waals surface area contributed by atoms with Crippen LogP contribution in [-0.4, -0.2) is 41.2 Å².